The van der Waals surface area contributed by atoms with E-state index < -0.39 is 0 Å². The molecule has 0 saturated heterocycles. The Bertz CT molecular complexity index is 738. The topological polar surface area (TPSA) is 54.5 Å². The van der Waals surface area contributed by atoms with Gasteiger partial charge < -0.3 is 0 Å². The normalized spacial score (nSPS) is 11.6. The summed E-state index contributed by atoms with van der Waals surface area (Å²) in [6, 6.07) is 16.9. The number of nitrogens with one attached hydrogen (secondary N) is 1. The zero-order chi connectivity index (χ0) is 15.6. The van der Waals surface area contributed by atoms with Crippen molar-refractivity contribution in [2.75, 3.05) is 0 Å². The minimum Gasteiger partial charge on any atom is -0.239 e. The average molecular weight is 292 g/mol. The van der Waals surface area contributed by atoms with Gasteiger partial charge in [-0.25, -0.2) is 5.10 Å². The molecular formula is C18H20N4. The highest BCUT2D eigenvalue weighted by Gasteiger charge is 2.12. The molecule has 2 aromatic carbocycles. The highest BCUT2D eigenvalue weighted by atomic mass is 15.5. The number of tetrazole rings is 1. The monoisotopic (exact) mass is 292 g/mol. The van der Waals surface area contributed by atoms with E-state index in [9.17, 15) is 0 Å². The molecule has 4 heteroatoms. The van der Waals surface area contributed by atoms with E-state index in [1.807, 2.05) is 18.2 Å². The van der Waals surface area contributed by atoms with E-state index in [2.05, 4.69) is 71.7 Å². The molecule has 3 rings (SSSR count). The summed E-state index contributed by atoms with van der Waals surface area (Å²) in [6.45, 7) is 6.77. The van der Waals surface area contributed by atoms with Crippen LogP contribution in [0, 0.1) is 5.41 Å². The summed E-state index contributed by atoms with van der Waals surface area (Å²) in [5.41, 5.74) is 4.96. The summed E-state index contributed by atoms with van der Waals surface area (Å²) in [6.07, 6.45) is 1.07. The first-order valence-corrected chi connectivity index (χ1v) is 7.45. The summed E-state index contributed by atoms with van der Waals surface area (Å²) >= 11 is 0. The third-order valence-electron chi connectivity index (χ3n) is 3.53. The fraction of sp³-hybridized carbons (Fsp3) is 0.278. The Morgan fingerprint density at radius 2 is 1.59 bits per heavy atom. The molecule has 1 N–H and O–H groups in total. The number of nitrogens with zero attached hydrogens (tertiary/aromatic N) is 3. The summed E-state index contributed by atoms with van der Waals surface area (Å²) < 4.78 is 0. The molecule has 0 unspecified atom stereocenters. The minimum atomic E-state index is 0.297. The van der Waals surface area contributed by atoms with Crippen LogP contribution in [0.15, 0.2) is 48.5 Å². The number of hydrogen-bond acceptors (Lipinski definition) is 3. The molecule has 0 aliphatic heterocycles. The van der Waals surface area contributed by atoms with E-state index in [-0.39, 0.29) is 0 Å². The molecule has 4 nitrogen and oxygen atoms in total. The first-order valence-electron chi connectivity index (χ1n) is 7.45. The van der Waals surface area contributed by atoms with Crippen LogP contribution in [0.4, 0.5) is 0 Å². The lowest BCUT2D eigenvalue weighted by molar-refractivity contribution is 0.411. The van der Waals surface area contributed by atoms with Gasteiger partial charge in [0.05, 0.1) is 0 Å². The highest BCUT2D eigenvalue weighted by Crippen LogP contribution is 2.30. The van der Waals surface area contributed by atoms with Crippen LogP contribution in [0.25, 0.3) is 22.5 Å². The van der Waals surface area contributed by atoms with Gasteiger partial charge in [0.1, 0.15) is 0 Å². The molecule has 0 saturated carbocycles. The minimum absolute atomic E-state index is 0.297. The molecule has 112 valence electrons. The molecule has 1 heterocycles. The Kier molecular flexibility index (Phi) is 3.75. The van der Waals surface area contributed by atoms with E-state index in [4.69, 9.17) is 0 Å². The smallest absolute Gasteiger partial charge is 0.180 e. The van der Waals surface area contributed by atoms with Crippen molar-refractivity contribution < 1.29 is 0 Å². The van der Waals surface area contributed by atoms with E-state index in [0.717, 1.165) is 17.5 Å². The van der Waals surface area contributed by atoms with Gasteiger partial charge in [0.2, 0.25) is 0 Å². The molecule has 0 spiro atoms. The molecule has 1 aromatic heterocycles. The van der Waals surface area contributed by atoms with Crippen molar-refractivity contribution in [2.24, 2.45) is 5.41 Å². The maximum absolute atomic E-state index is 4.02. The van der Waals surface area contributed by atoms with Crippen LogP contribution in [0.1, 0.15) is 26.3 Å². The van der Waals surface area contributed by atoms with Crippen molar-refractivity contribution in [3.8, 4) is 22.5 Å². The van der Waals surface area contributed by atoms with Crippen molar-refractivity contribution in [2.45, 2.75) is 27.2 Å². The first kappa shape index (κ1) is 14.4. The van der Waals surface area contributed by atoms with Gasteiger partial charge in [-0.1, -0.05) is 69.3 Å². The van der Waals surface area contributed by atoms with Crippen LogP contribution in [-0.4, -0.2) is 20.6 Å². The molecule has 0 atom stereocenters. The van der Waals surface area contributed by atoms with Gasteiger partial charge in [-0.3, -0.25) is 0 Å². The number of rotatable bonds is 3. The highest BCUT2D eigenvalue weighted by molar-refractivity contribution is 5.80. The molecule has 0 radical (unpaired) electrons. The zero-order valence-electron chi connectivity index (χ0n) is 13.2. The summed E-state index contributed by atoms with van der Waals surface area (Å²) in [4.78, 5) is 0. The Balaban J connectivity index is 1.95. The predicted molar refractivity (Wildman–Crippen MR) is 88.2 cm³/mol. The first-order chi connectivity index (χ1) is 10.5. The summed E-state index contributed by atoms with van der Waals surface area (Å²) in [5.74, 6) is 0.689. The van der Waals surface area contributed by atoms with Crippen LogP contribution in [0.2, 0.25) is 0 Å². The van der Waals surface area contributed by atoms with Crippen molar-refractivity contribution in [1.82, 2.24) is 20.6 Å². The van der Waals surface area contributed by atoms with E-state index in [1.165, 1.54) is 11.1 Å². The molecule has 0 bridgehead atoms. The number of H-pyrrole nitrogens is 1. The quantitative estimate of drug-likeness (QED) is 0.790. The van der Waals surface area contributed by atoms with Crippen LogP contribution in [-0.2, 0) is 6.42 Å². The molecular weight excluding hydrogens is 272 g/mol. The van der Waals surface area contributed by atoms with Gasteiger partial charge in [0.15, 0.2) is 5.82 Å². The molecule has 0 fully saturated rings. The molecule has 0 aliphatic rings. The lowest BCUT2D eigenvalue weighted by Gasteiger charge is -2.18. The van der Waals surface area contributed by atoms with Crippen molar-refractivity contribution in [1.29, 1.82) is 0 Å². The number of hydrogen-bond donors (Lipinski definition) is 1. The van der Waals surface area contributed by atoms with Crippen molar-refractivity contribution >= 4 is 0 Å². The summed E-state index contributed by atoms with van der Waals surface area (Å²) in [7, 11) is 0. The Morgan fingerprint density at radius 3 is 2.18 bits per heavy atom. The Morgan fingerprint density at radius 1 is 0.909 bits per heavy atom. The third-order valence-corrected chi connectivity index (χ3v) is 3.53. The van der Waals surface area contributed by atoms with Gasteiger partial charge in [-0.15, -0.1) is 5.10 Å². The lowest BCUT2D eigenvalue weighted by atomic mass is 9.87. The predicted octanol–water partition coefficient (Wildman–Crippen LogP) is 4.12. The van der Waals surface area contributed by atoms with E-state index in [0.29, 0.717) is 11.2 Å². The average Bonchev–Trinajstić information content (AvgIpc) is 3.00. The van der Waals surface area contributed by atoms with E-state index >= 15 is 0 Å². The van der Waals surface area contributed by atoms with Gasteiger partial charge in [0, 0.05) is 5.56 Å². The molecule has 3 aromatic rings. The van der Waals surface area contributed by atoms with E-state index in [1.54, 1.807) is 0 Å². The van der Waals surface area contributed by atoms with Crippen molar-refractivity contribution in [3.05, 3.63) is 54.1 Å². The number of benzene rings is 2. The molecule has 0 amide bonds. The maximum Gasteiger partial charge on any atom is 0.180 e. The lowest BCUT2D eigenvalue weighted by Crippen LogP contribution is -2.08. The standard InChI is InChI=1S/C18H20N4/c1-18(2,3)12-13-8-10-14(11-9-13)15-6-4-5-7-16(15)17-19-21-22-20-17/h4-11H,12H2,1-3H3,(H,19,20,21,22). The van der Waals surface area contributed by atoms with Gasteiger partial charge in [-0.2, -0.15) is 0 Å². The summed E-state index contributed by atoms with van der Waals surface area (Å²) in [5, 5.41) is 14.2. The number of aromatic nitrogens is 4. The van der Waals surface area contributed by atoms with Gasteiger partial charge in [0.25, 0.3) is 0 Å². The largest absolute Gasteiger partial charge is 0.239 e. The second kappa shape index (κ2) is 5.72. The van der Waals surface area contributed by atoms with Gasteiger partial charge in [-0.05, 0) is 39.0 Å². The van der Waals surface area contributed by atoms with Crippen LogP contribution in [0.3, 0.4) is 0 Å². The fourth-order valence-corrected chi connectivity index (χ4v) is 2.63. The SMILES string of the molecule is CC(C)(C)Cc1ccc(-c2ccccc2-c2nnn[nH]2)cc1. The Labute approximate surface area is 130 Å². The molecule has 0 aliphatic carbocycles. The Hall–Kier alpha value is -2.49. The maximum atomic E-state index is 4.02. The van der Waals surface area contributed by atoms with Crippen LogP contribution in [0.5, 0.6) is 0 Å². The second-order valence-electron chi connectivity index (χ2n) is 6.73. The second-order valence-corrected chi connectivity index (χ2v) is 6.73. The fourth-order valence-electron chi connectivity index (χ4n) is 2.63. The van der Waals surface area contributed by atoms with Gasteiger partial charge >= 0.3 is 0 Å². The molecule has 22 heavy (non-hydrogen) atoms. The van der Waals surface area contributed by atoms with Crippen molar-refractivity contribution in [3.63, 3.8) is 0 Å². The third kappa shape index (κ3) is 3.22. The number of aromatic amines is 1. The van der Waals surface area contributed by atoms with Crippen LogP contribution < -0.4 is 0 Å². The zero-order valence-corrected chi connectivity index (χ0v) is 13.2. The van der Waals surface area contributed by atoms with Crippen LogP contribution >= 0.6 is 0 Å².